The number of halogens is 3. The summed E-state index contributed by atoms with van der Waals surface area (Å²) < 4.78 is 37.6. The molecule has 1 aliphatic rings. The van der Waals surface area contributed by atoms with Crippen molar-refractivity contribution in [2.75, 3.05) is 26.2 Å². The maximum atomic E-state index is 12.5. The molecule has 24 heavy (non-hydrogen) atoms. The monoisotopic (exact) mass is 343 g/mol. The fourth-order valence-corrected chi connectivity index (χ4v) is 2.50. The lowest BCUT2D eigenvalue weighted by Crippen LogP contribution is -2.57. The molecule has 1 saturated heterocycles. The zero-order valence-electron chi connectivity index (χ0n) is 13.6. The van der Waals surface area contributed by atoms with Crippen LogP contribution in [-0.4, -0.2) is 53.3 Å². The lowest BCUT2D eigenvalue weighted by atomic mass is 10.0. The highest BCUT2D eigenvalue weighted by atomic mass is 19.4. The molecule has 0 unspecified atom stereocenters. The first-order chi connectivity index (χ1) is 11.0. The van der Waals surface area contributed by atoms with Gasteiger partial charge in [0.1, 0.15) is 0 Å². The van der Waals surface area contributed by atoms with Crippen molar-refractivity contribution in [3.8, 4) is 0 Å². The first kappa shape index (κ1) is 18.3. The second-order valence-corrected chi connectivity index (χ2v) is 6.38. The second-order valence-electron chi connectivity index (χ2n) is 6.38. The van der Waals surface area contributed by atoms with E-state index in [0.717, 1.165) is 12.1 Å². The predicted molar refractivity (Wildman–Crippen MR) is 82.2 cm³/mol. The highest BCUT2D eigenvalue weighted by Crippen LogP contribution is 2.29. The average molecular weight is 343 g/mol. The minimum atomic E-state index is -4.43. The molecule has 0 radical (unpaired) electrons. The molecule has 0 aromatic heterocycles. The summed E-state index contributed by atoms with van der Waals surface area (Å²) in [6.45, 7) is 4.59. The third-order valence-electron chi connectivity index (χ3n) is 3.86. The van der Waals surface area contributed by atoms with Gasteiger partial charge in [0.05, 0.1) is 11.1 Å². The summed E-state index contributed by atoms with van der Waals surface area (Å²) in [7, 11) is 0. The normalized spacial score (nSPS) is 16.2. The fourth-order valence-electron chi connectivity index (χ4n) is 2.50. The number of carbonyl (C=O) groups excluding carboxylic acids is 2. The van der Waals surface area contributed by atoms with Crippen molar-refractivity contribution in [1.29, 1.82) is 0 Å². The molecule has 1 fully saturated rings. The molecule has 5 nitrogen and oxygen atoms in total. The van der Waals surface area contributed by atoms with Gasteiger partial charge in [-0.15, -0.1) is 0 Å². The first-order valence-electron chi connectivity index (χ1n) is 7.55. The molecule has 1 aromatic carbocycles. The van der Waals surface area contributed by atoms with Gasteiger partial charge in [0.2, 0.25) is 5.91 Å². The zero-order chi connectivity index (χ0) is 18.1. The Morgan fingerprint density at radius 2 is 1.42 bits per heavy atom. The summed E-state index contributed by atoms with van der Waals surface area (Å²) in [6.07, 6.45) is -4.43. The number of benzene rings is 1. The molecule has 8 heteroatoms. The van der Waals surface area contributed by atoms with Crippen LogP contribution >= 0.6 is 0 Å². The highest BCUT2D eigenvalue weighted by Gasteiger charge is 2.32. The average Bonchev–Trinajstić information content (AvgIpc) is 2.52. The molecule has 1 aliphatic heterocycles. The van der Waals surface area contributed by atoms with E-state index in [0.29, 0.717) is 26.2 Å². The molecular weight excluding hydrogens is 323 g/mol. The van der Waals surface area contributed by atoms with Crippen LogP contribution in [0.4, 0.5) is 13.2 Å². The van der Waals surface area contributed by atoms with Crippen molar-refractivity contribution >= 4 is 11.8 Å². The van der Waals surface area contributed by atoms with Crippen molar-refractivity contribution in [3.63, 3.8) is 0 Å². The van der Waals surface area contributed by atoms with Crippen LogP contribution in [0.3, 0.4) is 0 Å². The van der Waals surface area contributed by atoms with E-state index in [1.807, 2.05) is 0 Å². The summed E-state index contributed by atoms with van der Waals surface area (Å²) in [5, 5.41) is 0. The molecule has 0 aliphatic carbocycles. The lowest BCUT2D eigenvalue weighted by molar-refractivity contribution is -0.138. The molecule has 0 bridgehead atoms. The smallest absolute Gasteiger partial charge is 0.338 e. The van der Waals surface area contributed by atoms with Crippen LogP contribution in [0.2, 0.25) is 0 Å². The van der Waals surface area contributed by atoms with Crippen LogP contribution in [0.25, 0.3) is 0 Å². The van der Waals surface area contributed by atoms with E-state index in [4.69, 9.17) is 5.73 Å². The molecule has 0 saturated carbocycles. The number of rotatable bonds is 2. The number of nitrogens with zero attached hydrogens (tertiary/aromatic N) is 2. The van der Waals surface area contributed by atoms with Crippen LogP contribution in [0.1, 0.15) is 29.8 Å². The van der Waals surface area contributed by atoms with Gasteiger partial charge < -0.3 is 15.5 Å². The van der Waals surface area contributed by atoms with E-state index >= 15 is 0 Å². The molecule has 1 heterocycles. The first-order valence-corrected chi connectivity index (χ1v) is 7.55. The summed E-state index contributed by atoms with van der Waals surface area (Å²) in [5.74, 6) is -0.535. The number of alkyl halides is 3. The van der Waals surface area contributed by atoms with Crippen molar-refractivity contribution < 1.29 is 22.8 Å². The Bertz CT molecular complexity index is 613. The Hall–Kier alpha value is -2.09. The Kier molecular flexibility index (Phi) is 4.89. The number of piperazine rings is 1. The third-order valence-corrected chi connectivity index (χ3v) is 3.86. The van der Waals surface area contributed by atoms with Gasteiger partial charge in [0, 0.05) is 31.7 Å². The summed E-state index contributed by atoms with van der Waals surface area (Å²) in [4.78, 5) is 27.6. The van der Waals surface area contributed by atoms with Gasteiger partial charge in [-0.1, -0.05) is 0 Å². The quantitative estimate of drug-likeness (QED) is 0.889. The van der Waals surface area contributed by atoms with Crippen LogP contribution in [0.15, 0.2) is 24.3 Å². The topological polar surface area (TPSA) is 66.6 Å². The molecular formula is C16H20F3N3O2. The van der Waals surface area contributed by atoms with E-state index in [2.05, 4.69) is 0 Å². The highest BCUT2D eigenvalue weighted by molar-refractivity contribution is 5.94. The van der Waals surface area contributed by atoms with Crippen LogP contribution in [0.5, 0.6) is 0 Å². The molecule has 132 valence electrons. The van der Waals surface area contributed by atoms with E-state index in [-0.39, 0.29) is 17.4 Å². The number of amides is 2. The van der Waals surface area contributed by atoms with E-state index in [9.17, 15) is 22.8 Å². The van der Waals surface area contributed by atoms with Gasteiger partial charge in [0.25, 0.3) is 5.91 Å². The van der Waals surface area contributed by atoms with Gasteiger partial charge in [-0.05, 0) is 38.1 Å². The summed E-state index contributed by atoms with van der Waals surface area (Å²) in [5.41, 5.74) is 4.21. The van der Waals surface area contributed by atoms with Crippen LogP contribution < -0.4 is 5.73 Å². The standard InChI is InChI=1S/C16H20F3N3O2/c1-15(2,20)14(24)22-9-7-21(8-10-22)13(23)11-3-5-12(6-4-11)16(17,18)19/h3-6H,7-10,20H2,1-2H3. The number of hydrogen-bond acceptors (Lipinski definition) is 3. The van der Waals surface area contributed by atoms with Crippen molar-refractivity contribution in [2.45, 2.75) is 25.6 Å². The molecule has 0 atom stereocenters. The van der Waals surface area contributed by atoms with Crippen LogP contribution in [0, 0.1) is 0 Å². The molecule has 2 N–H and O–H groups in total. The molecule has 1 aromatic rings. The zero-order valence-corrected chi connectivity index (χ0v) is 13.6. The Balaban J connectivity index is 1.99. The molecule has 0 spiro atoms. The Labute approximate surface area is 138 Å². The SMILES string of the molecule is CC(C)(N)C(=O)N1CCN(C(=O)c2ccc(C(F)(F)F)cc2)CC1. The lowest BCUT2D eigenvalue weighted by Gasteiger charge is -2.37. The van der Waals surface area contributed by atoms with E-state index < -0.39 is 17.3 Å². The van der Waals surface area contributed by atoms with Crippen molar-refractivity contribution in [2.24, 2.45) is 5.73 Å². The van der Waals surface area contributed by atoms with Gasteiger partial charge in [-0.2, -0.15) is 13.2 Å². The largest absolute Gasteiger partial charge is 0.416 e. The number of hydrogen-bond donors (Lipinski definition) is 1. The van der Waals surface area contributed by atoms with Gasteiger partial charge in [-0.25, -0.2) is 0 Å². The predicted octanol–water partition coefficient (Wildman–Crippen LogP) is 1.73. The Morgan fingerprint density at radius 1 is 0.958 bits per heavy atom. The number of carbonyl (C=O) groups is 2. The van der Waals surface area contributed by atoms with E-state index in [1.54, 1.807) is 18.7 Å². The van der Waals surface area contributed by atoms with Crippen molar-refractivity contribution in [1.82, 2.24) is 9.80 Å². The maximum Gasteiger partial charge on any atom is 0.416 e. The van der Waals surface area contributed by atoms with Gasteiger partial charge in [-0.3, -0.25) is 9.59 Å². The summed E-state index contributed by atoms with van der Waals surface area (Å²) >= 11 is 0. The molecule has 2 amide bonds. The molecule has 2 rings (SSSR count). The number of nitrogens with two attached hydrogens (primary N) is 1. The van der Waals surface area contributed by atoms with Crippen molar-refractivity contribution in [3.05, 3.63) is 35.4 Å². The van der Waals surface area contributed by atoms with Crippen LogP contribution in [-0.2, 0) is 11.0 Å². The fraction of sp³-hybridized carbons (Fsp3) is 0.500. The van der Waals surface area contributed by atoms with E-state index in [1.165, 1.54) is 17.0 Å². The third kappa shape index (κ3) is 4.05. The minimum Gasteiger partial charge on any atom is -0.338 e. The second kappa shape index (κ2) is 6.43. The van der Waals surface area contributed by atoms with Gasteiger partial charge >= 0.3 is 6.18 Å². The maximum absolute atomic E-state index is 12.5. The van der Waals surface area contributed by atoms with Gasteiger partial charge in [0.15, 0.2) is 0 Å². The Morgan fingerprint density at radius 3 is 1.83 bits per heavy atom. The minimum absolute atomic E-state index is 0.191. The summed E-state index contributed by atoms with van der Waals surface area (Å²) in [6, 6.07) is 4.13.